The van der Waals surface area contributed by atoms with E-state index in [9.17, 15) is 4.39 Å². The fourth-order valence-electron chi connectivity index (χ4n) is 3.43. The maximum absolute atomic E-state index is 13.3. The van der Waals surface area contributed by atoms with Crippen molar-refractivity contribution in [1.29, 1.82) is 0 Å². The first-order valence-electron chi connectivity index (χ1n) is 8.40. The summed E-state index contributed by atoms with van der Waals surface area (Å²) in [6, 6.07) is 5.08. The minimum Gasteiger partial charge on any atom is -0.380 e. The predicted octanol–water partition coefficient (Wildman–Crippen LogP) is 3.28. The summed E-state index contributed by atoms with van der Waals surface area (Å²) in [5, 5.41) is 5.63. The van der Waals surface area contributed by atoms with Crippen molar-refractivity contribution in [2.75, 3.05) is 13.2 Å². The fraction of sp³-hybridized carbons (Fsp3) is 0.211. The molecular formula is C19H16FN5O. The van der Waals surface area contributed by atoms with Gasteiger partial charge in [-0.15, -0.1) is 0 Å². The van der Waals surface area contributed by atoms with Crippen LogP contribution in [-0.2, 0) is 11.8 Å². The van der Waals surface area contributed by atoms with Crippen LogP contribution in [0.5, 0.6) is 0 Å². The molecule has 7 heteroatoms. The number of aryl methyl sites for hydroxylation is 1. The van der Waals surface area contributed by atoms with Gasteiger partial charge in [0.25, 0.3) is 0 Å². The van der Waals surface area contributed by atoms with Crippen molar-refractivity contribution >= 4 is 11.0 Å². The van der Waals surface area contributed by atoms with E-state index in [0.717, 1.165) is 33.4 Å². The second kappa shape index (κ2) is 5.74. The van der Waals surface area contributed by atoms with E-state index < -0.39 is 0 Å². The first kappa shape index (κ1) is 15.2. The molecule has 0 unspecified atom stereocenters. The number of pyridine rings is 2. The predicted molar refractivity (Wildman–Crippen MR) is 95.0 cm³/mol. The lowest BCUT2D eigenvalue weighted by Crippen LogP contribution is -2.25. The maximum atomic E-state index is 13.3. The summed E-state index contributed by atoms with van der Waals surface area (Å²) < 4.78 is 20.5. The summed E-state index contributed by atoms with van der Waals surface area (Å²) in [4.78, 5) is 11.9. The Labute approximate surface area is 148 Å². The lowest BCUT2D eigenvalue weighted by atomic mass is 9.89. The van der Waals surface area contributed by atoms with Gasteiger partial charge in [-0.25, -0.2) is 9.37 Å². The Kier molecular flexibility index (Phi) is 3.36. The molecule has 4 aromatic heterocycles. The molecule has 1 aliphatic rings. The zero-order valence-electron chi connectivity index (χ0n) is 14.1. The molecule has 0 spiro atoms. The molecule has 1 N–H and O–H groups in total. The number of hydrogen-bond acceptors (Lipinski definition) is 4. The molecule has 6 nitrogen and oxygen atoms in total. The van der Waals surface area contributed by atoms with Crippen LogP contribution in [0.25, 0.3) is 33.5 Å². The Morgan fingerprint density at radius 1 is 1.19 bits per heavy atom. The van der Waals surface area contributed by atoms with Gasteiger partial charge in [0.15, 0.2) is 0 Å². The molecule has 0 aliphatic carbocycles. The third-order valence-corrected chi connectivity index (χ3v) is 4.76. The molecule has 4 aromatic rings. The zero-order valence-corrected chi connectivity index (χ0v) is 14.1. The third kappa shape index (κ3) is 2.32. The molecule has 130 valence electrons. The minimum absolute atomic E-state index is 0.311. The number of aromatic amines is 1. The number of H-pyrrole nitrogens is 1. The van der Waals surface area contributed by atoms with E-state index in [1.807, 2.05) is 31.7 Å². The molecular weight excluding hydrogens is 333 g/mol. The molecule has 1 fully saturated rings. The number of hydrogen-bond donors (Lipinski definition) is 1. The quantitative estimate of drug-likeness (QED) is 0.616. The monoisotopic (exact) mass is 349 g/mol. The van der Waals surface area contributed by atoms with Gasteiger partial charge in [-0.1, -0.05) is 0 Å². The van der Waals surface area contributed by atoms with Crippen LogP contribution in [0, 0.1) is 5.82 Å². The van der Waals surface area contributed by atoms with Gasteiger partial charge in [0, 0.05) is 48.1 Å². The van der Waals surface area contributed by atoms with Gasteiger partial charge in [0.1, 0.15) is 17.2 Å². The van der Waals surface area contributed by atoms with Gasteiger partial charge < -0.3 is 9.72 Å². The smallest absolute Gasteiger partial charge is 0.141 e. The topological polar surface area (TPSA) is 68.6 Å². The average molecular weight is 349 g/mol. The molecule has 0 atom stereocenters. The van der Waals surface area contributed by atoms with E-state index in [0.29, 0.717) is 24.8 Å². The van der Waals surface area contributed by atoms with Crippen molar-refractivity contribution < 1.29 is 9.13 Å². The van der Waals surface area contributed by atoms with Gasteiger partial charge in [-0.2, -0.15) is 5.10 Å². The van der Waals surface area contributed by atoms with E-state index in [1.165, 1.54) is 12.3 Å². The lowest BCUT2D eigenvalue weighted by Gasteiger charge is -2.28. The summed E-state index contributed by atoms with van der Waals surface area (Å²) in [5.41, 5.74) is 5.37. The van der Waals surface area contributed by atoms with Crippen LogP contribution >= 0.6 is 0 Å². The molecule has 0 saturated carbocycles. The normalized spacial score (nSPS) is 14.7. The molecule has 5 rings (SSSR count). The van der Waals surface area contributed by atoms with Crippen LogP contribution in [0.1, 0.15) is 11.5 Å². The van der Waals surface area contributed by atoms with E-state index in [-0.39, 0.29) is 5.82 Å². The van der Waals surface area contributed by atoms with Gasteiger partial charge in [0.2, 0.25) is 0 Å². The third-order valence-electron chi connectivity index (χ3n) is 4.76. The number of fused-ring (bicyclic) bond motifs is 1. The van der Waals surface area contributed by atoms with Crippen LogP contribution in [0.3, 0.4) is 0 Å². The largest absolute Gasteiger partial charge is 0.380 e. The Hall–Kier alpha value is -3.06. The summed E-state index contributed by atoms with van der Waals surface area (Å²) in [5.74, 6) is -0.0542. The number of rotatable bonds is 3. The minimum atomic E-state index is -0.365. The maximum Gasteiger partial charge on any atom is 0.141 e. The highest BCUT2D eigenvalue weighted by Crippen LogP contribution is 2.40. The standard InChI is InChI=1S/C19H16FN5O/c1-25-8-15(18(24-25)16-3-2-12(20)6-22-16)17-13-4-5-21-19(13)23-7-14(17)11-9-26-10-11/h2-8,11H,9-10H2,1H3,(H,21,23). The number of nitrogens with zero attached hydrogens (tertiary/aromatic N) is 4. The molecule has 26 heavy (non-hydrogen) atoms. The van der Waals surface area contributed by atoms with Crippen LogP contribution in [0.15, 0.2) is 43.0 Å². The number of nitrogens with one attached hydrogen (secondary N) is 1. The molecule has 1 aliphatic heterocycles. The van der Waals surface area contributed by atoms with Crippen molar-refractivity contribution in [3.05, 3.63) is 54.4 Å². The summed E-state index contributed by atoms with van der Waals surface area (Å²) in [6.07, 6.45) is 6.99. The highest BCUT2D eigenvalue weighted by Gasteiger charge is 2.28. The first-order valence-corrected chi connectivity index (χ1v) is 8.40. The summed E-state index contributed by atoms with van der Waals surface area (Å²) >= 11 is 0. The van der Waals surface area contributed by atoms with Gasteiger partial charge in [0.05, 0.1) is 25.1 Å². The van der Waals surface area contributed by atoms with E-state index in [2.05, 4.69) is 20.1 Å². The Morgan fingerprint density at radius 3 is 2.81 bits per heavy atom. The van der Waals surface area contributed by atoms with Gasteiger partial charge in [-0.3, -0.25) is 9.67 Å². The van der Waals surface area contributed by atoms with E-state index in [4.69, 9.17) is 4.74 Å². The van der Waals surface area contributed by atoms with Crippen molar-refractivity contribution in [3.8, 4) is 22.5 Å². The summed E-state index contributed by atoms with van der Waals surface area (Å²) in [6.45, 7) is 1.38. The molecule has 5 heterocycles. The number of aromatic nitrogens is 5. The molecule has 0 aromatic carbocycles. The van der Waals surface area contributed by atoms with Gasteiger partial charge in [-0.05, 0) is 23.8 Å². The lowest BCUT2D eigenvalue weighted by molar-refractivity contribution is 0.00856. The SMILES string of the molecule is Cn1cc(-c2c(C3COC3)cnc3[nH]ccc23)c(-c2ccc(F)cn2)n1. The molecule has 0 bridgehead atoms. The number of halogens is 1. The van der Waals surface area contributed by atoms with Crippen LogP contribution < -0.4 is 0 Å². The molecule has 1 saturated heterocycles. The molecule has 0 radical (unpaired) electrons. The molecule has 0 amide bonds. The Bertz CT molecular complexity index is 1100. The number of ether oxygens (including phenoxy) is 1. The van der Waals surface area contributed by atoms with Gasteiger partial charge >= 0.3 is 0 Å². The van der Waals surface area contributed by atoms with Crippen molar-refractivity contribution in [3.63, 3.8) is 0 Å². The Balaban J connectivity index is 1.78. The second-order valence-electron chi connectivity index (χ2n) is 6.49. The van der Waals surface area contributed by atoms with Crippen LogP contribution in [-0.4, -0.2) is 37.9 Å². The highest BCUT2D eigenvalue weighted by atomic mass is 19.1. The second-order valence-corrected chi connectivity index (χ2v) is 6.49. The van der Waals surface area contributed by atoms with Crippen molar-refractivity contribution in [1.82, 2.24) is 24.7 Å². The average Bonchev–Trinajstić information content (AvgIpc) is 3.20. The van der Waals surface area contributed by atoms with E-state index in [1.54, 1.807) is 10.7 Å². The van der Waals surface area contributed by atoms with E-state index >= 15 is 0 Å². The highest BCUT2D eigenvalue weighted by molar-refractivity contribution is 5.98. The van der Waals surface area contributed by atoms with Crippen molar-refractivity contribution in [2.45, 2.75) is 5.92 Å². The Morgan fingerprint density at radius 2 is 2.08 bits per heavy atom. The van der Waals surface area contributed by atoms with Crippen molar-refractivity contribution in [2.24, 2.45) is 7.05 Å². The fourth-order valence-corrected chi connectivity index (χ4v) is 3.43. The van der Waals surface area contributed by atoms with Crippen LogP contribution in [0.4, 0.5) is 4.39 Å². The zero-order chi connectivity index (χ0) is 17.7. The van der Waals surface area contributed by atoms with Crippen LogP contribution in [0.2, 0.25) is 0 Å². The first-order chi connectivity index (χ1) is 12.7. The summed E-state index contributed by atoms with van der Waals surface area (Å²) in [7, 11) is 1.87.